The molecular formula is C25H23N3O5S2. The number of amides is 1. The van der Waals surface area contributed by atoms with Crippen molar-refractivity contribution in [2.75, 3.05) is 17.7 Å². The minimum absolute atomic E-state index is 0.0289. The lowest BCUT2D eigenvalue weighted by atomic mass is 10.0. The van der Waals surface area contributed by atoms with E-state index in [0.717, 1.165) is 28.6 Å². The van der Waals surface area contributed by atoms with Gasteiger partial charge in [-0.1, -0.05) is 60.3 Å². The first kappa shape index (κ1) is 24.5. The Balaban J connectivity index is 1.37. The molecule has 0 bridgehead atoms. The van der Waals surface area contributed by atoms with E-state index in [2.05, 4.69) is 15.5 Å². The van der Waals surface area contributed by atoms with E-state index in [1.807, 2.05) is 66.9 Å². The number of hydrogen-bond acceptors (Lipinski definition) is 9. The zero-order valence-electron chi connectivity index (χ0n) is 19.1. The third-order valence-corrected chi connectivity index (χ3v) is 6.54. The summed E-state index contributed by atoms with van der Waals surface area (Å²) in [6.45, 7) is 4.06. The second-order valence-corrected chi connectivity index (χ2v) is 9.10. The van der Waals surface area contributed by atoms with Gasteiger partial charge >= 0.3 is 5.97 Å². The molecule has 0 aliphatic rings. The number of rotatable bonds is 10. The van der Waals surface area contributed by atoms with E-state index < -0.39 is 5.97 Å². The molecule has 0 aliphatic heterocycles. The molecule has 35 heavy (non-hydrogen) atoms. The number of thioether (sulfide) groups is 1. The highest BCUT2D eigenvalue weighted by atomic mass is 32.2. The smallest absolute Gasteiger partial charge is 0.341 e. The highest BCUT2D eigenvalue weighted by Crippen LogP contribution is 2.36. The van der Waals surface area contributed by atoms with Gasteiger partial charge in [0.15, 0.2) is 6.61 Å². The minimum atomic E-state index is -0.481. The molecule has 2 aromatic heterocycles. The average molecular weight is 510 g/mol. The number of thiophene rings is 1. The molecule has 0 aliphatic carbocycles. The summed E-state index contributed by atoms with van der Waals surface area (Å²) >= 11 is 2.38. The monoisotopic (exact) mass is 509 g/mol. The summed E-state index contributed by atoms with van der Waals surface area (Å²) in [6, 6.07) is 17.1. The molecule has 10 heteroatoms. The van der Waals surface area contributed by atoms with Gasteiger partial charge in [-0.05, 0) is 31.0 Å². The number of para-hydroxylation sites is 1. The highest BCUT2D eigenvalue weighted by molar-refractivity contribution is 7.99. The Hall–Kier alpha value is -3.63. The van der Waals surface area contributed by atoms with Crippen molar-refractivity contribution in [2.24, 2.45) is 0 Å². The lowest BCUT2D eigenvalue weighted by Crippen LogP contribution is -2.16. The van der Waals surface area contributed by atoms with Crippen LogP contribution < -0.4 is 10.1 Å². The normalized spacial score (nSPS) is 10.7. The molecule has 0 spiro atoms. The Kier molecular flexibility index (Phi) is 8.17. The molecule has 4 aromatic rings. The first-order chi connectivity index (χ1) is 17.0. The Bertz CT molecular complexity index is 1300. The lowest BCUT2D eigenvalue weighted by Gasteiger charge is -2.08. The van der Waals surface area contributed by atoms with E-state index in [0.29, 0.717) is 22.0 Å². The summed E-state index contributed by atoms with van der Waals surface area (Å²) in [5, 5.41) is 13.3. The fourth-order valence-corrected chi connectivity index (χ4v) is 4.74. The molecule has 0 saturated carbocycles. The van der Waals surface area contributed by atoms with Crippen LogP contribution in [-0.2, 0) is 16.1 Å². The number of benzene rings is 2. The van der Waals surface area contributed by atoms with Crippen LogP contribution in [0.15, 0.2) is 69.6 Å². The zero-order valence-corrected chi connectivity index (χ0v) is 20.8. The number of nitrogens with zero attached hydrogens (tertiary/aromatic N) is 2. The van der Waals surface area contributed by atoms with Crippen molar-refractivity contribution >= 4 is 40.0 Å². The fraction of sp³-hybridized carbons (Fsp3) is 0.200. The Morgan fingerprint density at radius 1 is 1.09 bits per heavy atom. The first-order valence-corrected chi connectivity index (χ1v) is 12.7. The maximum atomic E-state index is 12.7. The largest absolute Gasteiger partial charge is 0.484 e. The van der Waals surface area contributed by atoms with E-state index in [9.17, 15) is 9.59 Å². The van der Waals surface area contributed by atoms with Crippen LogP contribution in [-0.4, -0.2) is 34.4 Å². The maximum absolute atomic E-state index is 12.7. The van der Waals surface area contributed by atoms with Crippen LogP contribution >= 0.6 is 23.1 Å². The third-order valence-electron chi connectivity index (χ3n) is 4.83. The van der Waals surface area contributed by atoms with Crippen molar-refractivity contribution in [1.82, 2.24) is 10.2 Å². The summed E-state index contributed by atoms with van der Waals surface area (Å²) in [5.41, 5.74) is 2.93. The van der Waals surface area contributed by atoms with Crippen molar-refractivity contribution in [3.8, 4) is 16.9 Å². The van der Waals surface area contributed by atoms with Crippen molar-refractivity contribution in [3.63, 3.8) is 0 Å². The standard InChI is InChI=1S/C25H23N3O5S2/c1-3-31-24(30)22-18(17-10-5-4-6-11-17)14-34-23(22)26-20(29)15-35-25-28-27-21(33-25)13-32-19-12-8-7-9-16(19)2/h4-12,14H,3,13,15H2,1-2H3,(H,26,29). The van der Waals surface area contributed by atoms with Gasteiger partial charge < -0.3 is 19.2 Å². The van der Waals surface area contributed by atoms with Gasteiger partial charge in [-0.3, -0.25) is 4.79 Å². The number of carbonyl (C=O) groups excluding carboxylic acids is 2. The molecule has 0 atom stereocenters. The summed E-state index contributed by atoms with van der Waals surface area (Å²) in [6.07, 6.45) is 0. The van der Waals surface area contributed by atoms with Crippen LogP contribution in [0.3, 0.4) is 0 Å². The van der Waals surface area contributed by atoms with Crippen LogP contribution in [0.4, 0.5) is 5.00 Å². The molecule has 0 unspecified atom stereocenters. The second kappa shape index (κ2) is 11.7. The highest BCUT2D eigenvalue weighted by Gasteiger charge is 2.23. The lowest BCUT2D eigenvalue weighted by molar-refractivity contribution is -0.113. The molecule has 2 heterocycles. The number of nitrogens with one attached hydrogen (secondary N) is 1. The molecule has 0 fully saturated rings. The van der Waals surface area contributed by atoms with Crippen LogP contribution in [0.5, 0.6) is 5.75 Å². The number of aryl methyl sites for hydroxylation is 1. The average Bonchev–Trinajstić information content (AvgIpc) is 3.50. The number of anilines is 1. The van der Waals surface area contributed by atoms with E-state index in [1.165, 1.54) is 11.3 Å². The zero-order chi connectivity index (χ0) is 24.6. The third kappa shape index (κ3) is 6.28. The van der Waals surface area contributed by atoms with Gasteiger partial charge in [-0.15, -0.1) is 21.5 Å². The van der Waals surface area contributed by atoms with Gasteiger partial charge in [-0.2, -0.15) is 0 Å². The number of carbonyl (C=O) groups is 2. The summed E-state index contributed by atoms with van der Waals surface area (Å²) in [7, 11) is 0. The van der Waals surface area contributed by atoms with Crippen LogP contribution in [0, 0.1) is 6.92 Å². The molecule has 1 amide bonds. The van der Waals surface area contributed by atoms with Crippen molar-refractivity contribution in [3.05, 3.63) is 77.0 Å². The van der Waals surface area contributed by atoms with E-state index in [4.69, 9.17) is 13.9 Å². The molecule has 4 rings (SSSR count). The number of esters is 1. The fourth-order valence-electron chi connectivity index (χ4n) is 3.19. The van der Waals surface area contributed by atoms with Gasteiger partial charge in [0.25, 0.3) is 11.1 Å². The SMILES string of the molecule is CCOC(=O)c1c(-c2ccccc2)csc1NC(=O)CSc1nnc(COc2ccccc2C)o1. The van der Waals surface area contributed by atoms with Gasteiger partial charge in [-0.25, -0.2) is 4.79 Å². The Morgan fingerprint density at radius 3 is 2.63 bits per heavy atom. The van der Waals surface area contributed by atoms with Crippen LogP contribution in [0.25, 0.3) is 11.1 Å². The molecule has 180 valence electrons. The second-order valence-electron chi connectivity index (χ2n) is 7.29. The summed E-state index contributed by atoms with van der Waals surface area (Å²) < 4.78 is 16.5. The Morgan fingerprint density at radius 2 is 1.86 bits per heavy atom. The van der Waals surface area contributed by atoms with Gasteiger partial charge in [0.05, 0.1) is 12.4 Å². The molecule has 0 saturated heterocycles. The summed E-state index contributed by atoms with van der Waals surface area (Å²) in [4.78, 5) is 25.3. The maximum Gasteiger partial charge on any atom is 0.341 e. The minimum Gasteiger partial charge on any atom is -0.484 e. The predicted octanol–water partition coefficient (Wildman–Crippen LogP) is 5.59. The number of aromatic nitrogens is 2. The van der Waals surface area contributed by atoms with E-state index >= 15 is 0 Å². The van der Waals surface area contributed by atoms with Crippen LogP contribution in [0.1, 0.15) is 28.7 Å². The number of hydrogen-bond donors (Lipinski definition) is 1. The molecule has 0 radical (unpaired) electrons. The van der Waals surface area contributed by atoms with Crippen molar-refractivity contribution in [1.29, 1.82) is 0 Å². The van der Waals surface area contributed by atoms with E-state index in [-0.39, 0.29) is 30.1 Å². The Labute approximate surface area is 210 Å². The van der Waals surface area contributed by atoms with Crippen molar-refractivity contribution in [2.45, 2.75) is 25.7 Å². The van der Waals surface area contributed by atoms with Gasteiger partial charge in [0.2, 0.25) is 5.91 Å². The van der Waals surface area contributed by atoms with E-state index in [1.54, 1.807) is 6.92 Å². The predicted molar refractivity (Wildman–Crippen MR) is 135 cm³/mol. The molecule has 8 nitrogen and oxygen atoms in total. The van der Waals surface area contributed by atoms with Crippen molar-refractivity contribution < 1.29 is 23.5 Å². The molecular weight excluding hydrogens is 486 g/mol. The first-order valence-electron chi connectivity index (χ1n) is 10.8. The molecule has 2 aromatic carbocycles. The van der Waals surface area contributed by atoms with Gasteiger partial charge in [0.1, 0.15) is 16.3 Å². The summed E-state index contributed by atoms with van der Waals surface area (Å²) in [5.74, 6) is 0.291. The quantitative estimate of drug-likeness (QED) is 0.218. The van der Waals surface area contributed by atoms with Crippen LogP contribution in [0.2, 0.25) is 0 Å². The van der Waals surface area contributed by atoms with Gasteiger partial charge in [0, 0.05) is 10.9 Å². The number of ether oxygens (including phenoxy) is 2. The topological polar surface area (TPSA) is 104 Å². The molecule has 1 N–H and O–H groups in total.